The second-order valence-corrected chi connectivity index (χ2v) is 4.69. The molecule has 0 aliphatic rings. The molecule has 0 saturated heterocycles. The molecule has 2 aromatic carbocycles. The molecule has 0 radical (unpaired) electrons. The molecule has 6 heteroatoms. The number of methoxy groups -OCH3 is 1. The topological polar surface area (TPSA) is 53.1 Å². The highest BCUT2D eigenvalue weighted by Crippen LogP contribution is 2.28. The Bertz CT molecular complexity index is 800. The lowest BCUT2D eigenvalue weighted by Crippen LogP contribution is -2.03. The first-order valence-electron chi connectivity index (χ1n) is 5.87. The van der Waals surface area contributed by atoms with Gasteiger partial charge in [-0.15, -0.1) is 0 Å². The van der Waals surface area contributed by atoms with Crippen LogP contribution in [0.15, 0.2) is 36.4 Å². The van der Waals surface area contributed by atoms with Crippen LogP contribution in [0.4, 0.5) is 10.3 Å². The Hall–Kier alpha value is -2.27. The fraction of sp³-hybridized carbons (Fsp3) is 0.0714. The van der Waals surface area contributed by atoms with Gasteiger partial charge in [0.05, 0.1) is 23.8 Å². The highest BCUT2D eigenvalue weighted by molar-refractivity contribution is 6.30. The predicted octanol–water partition coefficient (Wildman–Crippen LogP) is 3.41. The third-order valence-corrected chi connectivity index (χ3v) is 3.27. The van der Waals surface area contributed by atoms with Gasteiger partial charge in [-0.3, -0.25) is 4.57 Å². The van der Waals surface area contributed by atoms with Crippen molar-refractivity contribution >= 4 is 28.6 Å². The maximum absolute atomic E-state index is 14.1. The van der Waals surface area contributed by atoms with E-state index in [9.17, 15) is 4.39 Å². The average molecular weight is 292 g/mol. The molecule has 4 nitrogen and oxygen atoms in total. The maximum Gasteiger partial charge on any atom is 0.206 e. The first-order valence-corrected chi connectivity index (χ1v) is 6.25. The van der Waals surface area contributed by atoms with Crippen LogP contribution in [0.2, 0.25) is 5.02 Å². The fourth-order valence-electron chi connectivity index (χ4n) is 2.12. The highest BCUT2D eigenvalue weighted by Gasteiger charge is 2.14. The summed E-state index contributed by atoms with van der Waals surface area (Å²) in [5.41, 5.74) is 7.52. The summed E-state index contributed by atoms with van der Waals surface area (Å²) in [5.74, 6) is 0.383. The number of hydrogen-bond acceptors (Lipinski definition) is 3. The molecule has 3 aromatic rings. The Morgan fingerprint density at radius 3 is 2.75 bits per heavy atom. The van der Waals surface area contributed by atoms with Crippen molar-refractivity contribution in [3.63, 3.8) is 0 Å². The van der Waals surface area contributed by atoms with Gasteiger partial charge in [0.1, 0.15) is 11.6 Å². The van der Waals surface area contributed by atoms with Gasteiger partial charge in [0.2, 0.25) is 5.95 Å². The molecule has 0 amide bonds. The molecule has 0 saturated carbocycles. The molecule has 3 rings (SSSR count). The molecule has 0 atom stereocenters. The number of nitrogens with two attached hydrogens (primary N) is 1. The minimum Gasteiger partial charge on any atom is -0.497 e. The molecule has 0 fully saturated rings. The molecule has 1 aromatic heterocycles. The van der Waals surface area contributed by atoms with E-state index in [1.165, 1.54) is 10.6 Å². The smallest absolute Gasteiger partial charge is 0.206 e. The molecular weight excluding hydrogens is 281 g/mol. The lowest BCUT2D eigenvalue weighted by atomic mass is 10.2. The Labute approximate surface area is 119 Å². The van der Waals surface area contributed by atoms with Crippen molar-refractivity contribution in [2.45, 2.75) is 0 Å². The van der Waals surface area contributed by atoms with Crippen molar-refractivity contribution in [3.8, 4) is 11.4 Å². The molecule has 0 aliphatic heterocycles. The van der Waals surface area contributed by atoms with E-state index >= 15 is 0 Å². The zero-order valence-corrected chi connectivity index (χ0v) is 11.4. The summed E-state index contributed by atoms with van der Waals surface area (Å²) < 4.78 is 20.8. The Balaban J connectivity index is 2.31. The number of halogens is 2. The second kappa shape index (κ2) is 4.68. The van der Waals surface area contributed by atoms with Gasteiger partial charge < -0.3 is 10.5 Å². The number of imidazole rings is 1. The third kappa shape index (κ3) is 1.96. The standard InChI is InChI=1S/C14H11ClFN3O/c1-20-9-3-4-11-13(7-9)19(14(17)18-11)12-5-2-8(15)6-10(12)16/h2-7H,1H3,(H2,17,18). The summed E-state index contributed by atoms with van der Waals surface area (Å²) in [6.45, 7) is 0. The Kier molecular flexibility index (Phi) is 2.99. The van der Waals surface area contributed by atoms with Gasteiger partial charge in [-0.25, -0.2) is 9.37 Å². The quantitative estimate of drug-likeness (QED) is 0.787. The van der Waals surface area contributed by atoms with Crippen LogP contribution in [0.1, 0.15) is 0 Å². The number of fused-ring (bicyclic) bond motifs is 1. The number of nitrogens with zero attached hydrogens (tertiary/aromatic N) is 2. The number of nitrogen functional groups attached to an aromatic ring is 1. The van der Waals surface area contributed by atoms with Crippen molar-refractivity contribution in [2.75, 3.05) is 12.8 Å². The summed E-state index contributed by atoms with van der Waals surface area (Å²) in [7, 11) is 1.56. The minimum absolute atomic E-state index is 0.203. The lowest BCUT2D eigenvalue weighted by molar-refractivity contribution is 0.415. The van der Waals surface area contributed by atoms with E-state index in [0.717, 1.165) is 0 Å². The van der Waals surface area contributed by atoms with Crippen molar-refractivity contribution in [1.29, 1.82) is 0 Å². The van der Waals surface area contributed by atoms with Crippen molar-refractivity contribution < 1.29 is 9.13 Å². The molecule has 102 valence electrons. The van der Waals surface area contributed by atoms with E-state index in [0.29, 0.717) is 27.5 Å². The van der Waals surface area contributed by atoms with Crippen LogP contribution in [0.5, 0.6) is 5.75 Å². The largest absolute Gasteiger partial charge is 0.497 e. The van der Waals surface area contributed by atoms with E-state index in [4.69, 9.17) is 22.1 Å². The van der Waals surface area contributed by atoms with Gasteiger partial charge >= 0.3 is 0 Å². The first-order chi connectivity index (χ1) is 9.60. The summed E-state index contributed by atoms with van der Waals surface area (Å²) in [6.07, 6.45) is 0. The molecule has 2 N–H and O–H groups in total. The molecule has 1 heterocycles. The number of ether oxygens (including phenoxy) is 1. The summed E-state index contributed by atoms with van der Waals surface area (Å²) >= 11 is 5.77. The van der Waals surface area contributed by atoms with E-state index in [-0.39, 0.29) is 5.95 Å². The monoisotopic (exact) mass is 291 g/mol. The molecule has 0 bridgehead atoms. The Morgan fingerprint density at radius 2 is 2.05 bits per heavy atom. The fourth-order valence-corrected chi connectivity index (χ4v) is 2.28. The number of rotatable bonds is 2. The second-order valence-electron chi connectivity index (χ2n) is 4.26. The molecule has 0 spiro atoms. The van der Waals surface area contributed by atoms with Crippen LogP contribution < -0.4 is 10.5 Å². The van der Waals surface area contributed by atoms with Crippen LogP contribution in [-0.2, 0) is 0 Å². The van der Waals surface area contributed by atoms with Crippen LogP contribution >= 0.6 is 11.6 Å². The van der Waals surface area contributed by atoms with E-state index < -0.39 is 5.82 Å². The van der Waals surface area contributed by atoms with E-state index in [2.05, 4.69) is 4.98 Å². The van der Waals surface area contributed by atoms with E-state index in [1.807, 2.05) is 0 Å². The number of benzene rings is 2. The van der Waals surface area contributed by atoms with Gasteiger partial charge in [-0.1, -0.05) is 11.6 Å². The maximum atomic E-state index is 14.1. The summed E-state index contributed by atoms with van der Waals surface area (Å²) in [6, 6.07) is 9.71. The van der Waals surface area contributed by atoms with Gasteiger partial charge in [-0.2, -0.15) is 0 Å². The zero-order chi connectivity index (χ0) is 14.3. The minimum atomic E-state index is -0.466. The van der Waals surface area contributed by atoms with Crippen molar-refractivity contribution in [1.82, 2.24) is 9.55 Å². The highest BCUT2D eigenvalue weighted by atomic mass is 35.5. The summed E-state index contributed by atoms with van der Waals surface area (Å²) in [5, 5.41) is 0.326. The normalized spacial score (nSPS) is 10.9. The molecule has 0 unspecified atom stereocenters. The predicted molar refractivity (Wildman–Crippen MR) is 77.0 cm³/mol. The van der Waals surface area contributed by atoms with Gasteiger partial charge in [0.15, 0.2) is 0 Å². The van der Waals surface area contributed by atoms with Gasteiger partial charge in [0.25, 0.3) is 0 Å². The van der Waals surface area contributed by atoms with Crippen LogP contribution in [-0.4, -0.2) is 16.7 Å². The molecular formula is C14H11ClFN3O. The number of aromatic nitrogens is 2. The van der Waals surface area contributed by atoms with Crippen LogP contribution in [0.25, 0.3) is 16.7 Å². The third-order valence-electron chi connectivity index (χ3n) is 3.04. The van der Waals surface area contributed by atoms with Crippen LogP contribution in [0.3, 0.4) is 0 Å². The summed E-state index contributed by atoms with van der Waals surface area (Å²) in [4.78, 5) is 4.21. The van der Waals surface area contributed by atoms with Gasteiger partial charge in [-0.05, 0) is 30.3 Å². The van der Waals surface area contributed by atoms with Gasteiger partial charge in [0, 0.05) is 11.1 Å². The molecule has 20 heavy (non-hydrogen) atoms. The molecule has 0 aliphatic carbocycles. The van der Waals surface area contributed by atoms with Crippen LogP contribution in [0, 0.1) is 5.82 Å². The van der Waals surface area contributed by atoms with Crippen molar-refractivity contribution in [2.24, 2.45) is 0 Å². The van der Waals surface area contributed by atoms with Crippen molar-refractivity contribution in [3.05, 3.63) is 47.2 Å². The number of anilines is 1. The van der Waals surface area contributed by atoms with E-state index in [1.54, 1.807) is 37.4 Å². The zero-order valence-electron chi connectivity index (χ0n) is 10.6. The first kappa shape index (κ1) is 12.7. The Morgan fingerprint density at radius 1 is 1.25 bits per heavy atom. The SMILES string of the molecule is COc1ccc2nc(N)n(-c3ccc(Cl)cc3F)c2c1. The lowest BCUT2D eigenvalue weighted by Gasteiger charge is -2.08. The number of hydrogen-bond donors (Lipinski definition) is 1. The average Bonchev–Trinajstić information content (AvgIpc) is 2.74.